The molecule has 0 bridgehead atoms. The molecule has 3 aliphatic carbocycles. The number of phenols is 1. The van der Waals surface area contributed by atoms with E-state index in [0.29, 0.717) is 35.0 Å². The van der Waals surface area contributed by atoms with Gasteiger partial charge in [-0.1, -0.05) is 19.9 Å². The van der Waals surface area contributed by atoms with E-state index in [1.807, 2.05) is 18.3 Å². The minimum atomic E-state index is -0.160. The van der Waals surface area contributed by atoms with Crippen LogP contribution < -0.4 is 0 Å². The molecule has 0 amide bonds. The van der Waals surface area contributed by atoms with E-state index in [9.17, 15) is 9.90 Å². The van der Waals surface area contributed by atoms with Gasteiger partial charge in [0.1, 0.15) is 11.9 Å². The number of aryl methyl sites for hydroxylation is 1. The molecule has 1 aliphatic heterocycles. The standard InChI is InChI=1S/C25H31NO3/c1-15-11-17(14-26-13-15)24(28)29-23-8-7-22-21-5-3-16-12-18(27)4-6-19(16)20(21)9-10-25(22,23)2/h4,6,12-15,20-23,27H,3,5,7-11H2,1-2H3/t15?,20-,21-,22+,23+,25+/m1/s1. The number of carbonyl (C=O) groups is 1. The minimum Gasteiger partial charge on any atom is -0.508 e. The Morgan fingerprint density at radius 3 is 2.93 bits per heavy atom. The third-order valence-electron chi connectivity index (χ3n) is 8.25. The molecular weight excluding hydrogens is 362 g/mol. The lowest BCUT2D eigenvalue weighted by molar-refractivity contribution is -0.153. The van der Waals surface area contributed by atoms with Crippen molar-refractivity contribution in [2.75, 3.05) is 0 Å². The maximum atomic E-state index is 12.8. The number of esters is 1. The third-order valence-corrected chi connectivity index (χ3v) is 8.25. The fraction of sp³-hybridized carbons (Fsp3) is 0.600. The van der Waals surface area contributed by atoms with E-state index in [1.54, 1.807) is 6.20 Å². The fourth-order valence-corrected chi connectivity index (χ4v) is 6.79. The second kappa shape index (κ2) is 7.00. The number of phenolic OH excluding ortho intramolecular Hbond substituents is 1. The summed E-state index contributed by atoms with van der Waals surface area (Å²) in [7, 11) is 0. The van der Waals surface area contributed by atoms with Gasteiger partial charge in [-0.15, -0.1) is 0 Å². The summed E-state index contributed by atoms with van der Waals surface area (Å²) >= 11 is 0. The summed E-state index contributed by atoms with van der Waals surface area (Å²) in [6.45, 7) is 4.44. The van der Waals surface area contributed by atoms with Gasteiger partial charge in [-0.25, -0.2) is 4.79 Å². The first-order chi connectivity index (χ1) is 14.0. The molecule has 6 atom stereocenters. The van der Waals surface area contributed by atoms with Gasteiger partial charge in [-0.05, 0) is 91.9 Å². The van der Waals surface area contributed by atoms with Crippen LogP contribution in [0.5, 0.6) is 5.75 Å². The van der Waals surface area contributed by atoms with Crippen molar-refractivity contribution < 1.29 is 14.6 Å². The number of carbonyl (C=O) groups excluding carboxylic acids is 1. The zero-order valence-electron chi connectivity index (χ0n) is 17.4. The fourth-order valence-electron chi connectivity index (χ4n) is 6.79. The number of fused-ring (bicyclic) bond motifs is 5. The SMILES string of the molecule is CC1C=NC=C(C(=O)O[C@H]2CC[C@H]3[C@@H]4CCc5cc(O)ccc5[C@H]4CC[C@]23C)C1. The predicted octanol–water partition coefficient (Wildman–Crippen LogP) is 5.15. The van der Waals surface area contributed by atoms with Gasteiger partial charge in [0.05, 0.1) is 5.57 Å². The quantitative estimate of drug-likeness (QED) is 0.707. The maximum absolute atomic E-state index is 12.8. The Hall–Kier alpha value is -2.10. The summed E-state index contributed by atoms with van der Waals surface area (Å²) in [5, 5.41) is 9.86. The Balaban J connectivity index is 1.34. The summed E-state index contributed by atoms with van der Waals surface area (Å²) in [6.07, 6.45) is 10.9. The van der Waals surface area contributed by atoms with Gasteiger partial charge in [0, 0.05) is 17.8 Å². The summed E-state index contributed by atoms with van der Waals surface area (Å²) < 4.78 is 6.12. The Kier molecular flexibility index (Phi) is 4.56. The highest BCUT2D eigenvalue weighted by atomic mass is 16.5. The summed E-state index contributed by atoms with van der Waals surface area (Å²) in [5.74, 6) is 2.37. The molecule has 0 radical (unpaired) electrons. The van der Waals surface area contributed by atoms with E-state index in [2.05, 4.69) is 24.9 Å². The largest absolute Gasteiger partial charge is 0.508 e. The zero-order valence-corrected chi connectivity index (χ0v) is 17.4. The van der Waals surface area contributed by atoms with Crippen molar-refractivity contribution in [3.63, 3.8) is 0 Å². The van der Waals surface area contributed by atoms with Gasteiger partial charge in [0.25, 0.3) is 0 Å². The molecule has 1 N–H and O–H groups in total. The molecule has 4 aliphatic rings. The molecule has 1 unspecified atom stereocenters. The van der Waals surface area contributed by atoms with E-state index in [1.165, 1.54) is 17.5 Å². The number of rotatable bonds is 2. The van der Waals surface area contributed by atoms with Crippen LogP contribution in [-0.2, 0) is 16.0 Å². The molecule has 1 heterocycles. The van der Waals surface area contributed by atoms with Crippen molar-refractivity contribution in [3.8, 4) is 5.75 Å². The van der Waals surface area contributed by atoms with Crippen LogP contribution in [0.1, 0.15) is 69.4 Å². The smallest absolute Gasteiger partial charge is 0.335 e. The van der Waals surface area contributed by atoms with E-state index >= 15 is 0 Å². The zero-order chi connectivity index (χ0) is 20.2. The summed E-state index contributed by atoms with van der Waals surface area (Å²) in [6, 6.07) is 5.95. The number of aliphatic imine (C=N–C) groups is 1. The molecule has 4 heteroatoms. The number of hydrogen-bond donors (Lipinski definition) is 1. The molecule has 5 rings (SSSR count). The van der Waals surface area contributed by atoms with E-state index in [0.717, 1.165) is 38.5 Å². The highest BCUT2D eigenvalue weighted by molar-refractivity contribution is 5.90. The van der Waals surface area contributed by atoms with Gasteiger partial charge in [-0.2, -0.15) is 0 Å². The molecule has 0 saturated heterocycles. The van der Waals surface area contributed by atoms with Crippen LogP contribution in [0, 0.1) is 23.2 Å². The van der Waals surface area contributed by atoms with Crippen LogP contribution >= 0.6 is 0 Å². The average Bonchev–Trinajstić information content (AvgIpc) is 3.04. The van der Waals surface area contributed by atoms with Crippen LogP contribution in [-0.4, -0.2) is 23.4 Å². The number of nitrogens with zero attached hydrogens (tertiary/aromatic N) is 1. The van der Waals surface area contributed by atoms with Crippen molar-refractivity contribution in [2.24, 2.45) is 28.2 Å². The van der Waals surface area contributed by atoms with Crippen LogP contribution in [0.15, 0.2) is 35.0 Å². The summed E-state index contributed by atoms with van der Waals surface area (Å²) in [5.41, 5.74) is 3.57. The van der Waals surface area contributed by atoms with Crippen molar-refractivity contribution in [1.29, 1.82) is 0 Å². The van der Waals surface area contributed by atoms with Crippen LogP contribution in [0.25, 0.3) is 0 Å². The maximum Gasteiger partial charge on any atom is 0.335 e. The van der Waals surface area contributed by atoms with Gasteiger partial charge in [0.2, 0.25) is 0 Å². The van der Waals surface area contributed by atoms with Crippen LogP contribution in [0.2, 0.25) is 0 Å². The number of benzene rings is 1. The molecule has 29 heavy (non-hydrogen) atoms. The average molecular weight is 394 g/mol. The Morgan fingerprint density at radius 1 is 1.24 bits per heavy atom. The van der Waals surface area contributed by atoms with Crippen molar-refractivity contribution in [2.45, 2.75) is 70.8 Å². The molecule has 2 fully saturated rings. The molecule has 2 saturated carbocycles. The topological polar surface area (TPSA) is 58.9 Å². The van der Waals surface area contributed by atoms with Crippen molar-refractivity contribution in [3.05, 3.63) is 41.1 Å². The first-order valence-corrected chi connectivity index (χ1v) is 11.2. The van der Waals surface area contributed by atoms with E-state index < -0.39 is 0 Å². The van der Waals surface area contributed by atoms with Crippen LogP contribution in [0.3, 0.4) is 0 Å². The normalized spacial score (nSPS) is 37.9. The Morgan fingerprint density at radius 2 is 2.10 bits per heavy atom. The Bertz CT molecular complexity index is 888. The number of ether oxygens (including phenoxy) is 1. The highest BCUT2D eigenvalue weighted by Crippen LogP contribution is 2.61. The first-order valence-electron chi connectivity index (χ1n) is 11.2. The number of hydrogen-bond acceptors (Lipinski definition) is 4. The van der Waals surface area contributed by atoms with Crippen molar-refractivity contribution >= 4 is 12.2 Å². The molecule has 154 valence electrons. The third kappa shape index (κ3) is 3.12. The minimum absolute atomic E-state index is 0.0178. The summed E-state index contributed by atoms with van der Waals surface area (Å²) in [4.78, 5) is 17.0. The van der Waals surface area contributed by atoms with E-state index in [-0.39, 0.29) is 17.5 Å². The molecule has 0 spiro atoms. The molecule has 1 aromatic rings. The first kappa shape index (κ1) is 18.9. The molecular formula is C25H31NO3. The van der Waals surface area contributed by atoms with Gasteiger partial charge in [0.15, 0.2) is 0 Å². The highest BCUT2D eigenvalue weighted by Gasteiger charge is 2.56. The lowest BCUT2D eigenvalue weighted by Gasteiger charge is -2.50. The molecule has 0 aromatic heterocycles. The molecule has 1 aromatic carbocycles. The van der Waals surface area contributed by atoms with Crippen molar-refractivity contribution in [1.82, 2.24) is 0 Å². The Labute approximate surface area is 173 Å². The van der Waals surface area contributed by atoms with Gasteiger partial charge < -0.3 is 9.84 Å². The lowest BCUT2D eigenvalue weighted by Crippen LogP contribution is -2.45. The number of aromatic hydroxyl groups is 1. The molecule has 4 nitrogen and oxygen atoms in total. The van der Waals surface area contributed by atoms with Crippen LogP contribution in [0.4, 0.5) is 0 Å². The second-order valence-corrected chi connectivity index (χ2v) is 9.95. The lowest BCUT2D eigenvalue weighted by atomic mass is 9.55. The second-order valence-electron chi connectivity index (χ2n) is 9.95. The van der Waals surface area contributed by atoms with Gasteiger partial charge in [-0.3, -0.25) is 4.99 Å². The monoisotopic (exact) mass is 393 g/mol. The van der Waals surface area contributed by atoms with E-state index in [4.69, 9.17) is 4.74 Å². The van der Waals surface area contributed by atoms with Gasteiger partial charge >= 0.3 is 5.97 Å². The predicted molar refractivity (Wildman–Crippen MR) is 113 cm³/mol.